The van der Waals surface area contributed by atoms with Crippen LogP contribution in [0.3, 0.4) is 0 Å². The monoisotopic (exact) mass is 273 g/mol. The molecule has 1 amide bonds. The van der Waals surface area contributed by atoms with Gasteiger partial charge in [-0.05, 0) is 29.8 Å². The van der Waals surface area contributed by atoms with Gasteiger partial charge in [-0.1, -0.05) is 0 Å². The van der Waals surface area contributed by atoms with Crippen LogP contribution in [0.1, 0.15) is 12.7 Å². The van der Waals surface area contributed by atoms with Crippen LogP contribution in [-0.2, 0) is 11.3 Å². The smallest absolute Gasteiger partial charge is 0.268 e. The fourth-order valence-corrected chi connectivity index (χ4v) is 1.45. The van der Waals surface area contributed by atoms with Crippen LogP contribution in [0.15, 0.2) is 15.5 Å². The van der Waals surface area contributed by atoms with E-state index in [0.29, 0.717) is 16.8 Å². The molecule has 1 aromatic heterocycles. The van der Waals surface area contributed by atoms with Gasteiger partial charge in [0, 0.05) is 12.7 Å². The van der Waals surface area contributed by atoms with Crippen molar-refractivity contribution >= 4 is 21.8 Å². The SMILES string of the molecule is CCNC(=O)Cn1c(C)ncc(Br)c1=O. The third-order valence-electron chi connectivity index (χ3n) is 1.88. The lowest BCUT2D eigenvalue weighted by Crippen LogP contribution is -2.33. The van der Waals surface area contributed by atoms with Crippen LogP contribution in [0, 0.1) is 6.92 Å². The van der Waals surface area contributed by atoms with Gasteiger partial charge in [0.05, 0.1) is 0 Å². The maximum absolute atomic E-state index is 11.6. The van der Waals surface area contributed by atoms with Gasteiger partial charge >= 0.3 is 0 Å². The third-order valence-corrected chi connectivity index (χ3v) is 2.42. The van der Waals surface area contributed by atoms with Crippen molar-refractivity contribution in [3.05, 3.63) is 26.8 Å². The number of nitrogens with one attached hydrogen (secondary N) is 1. The number of halogens is 1. The Bertz CT molecular complexity index is 428. The average Bonchev–Trinajstić information content (AvgIpc) is 2.19. The van der Waals surface area contributed by atoms with E-state index in [1.807, 2.05) is 6.92 Å². The second-order valence-corrected chi connectivity index (χ2v) is 3.85. The Labute approximate surface area is 95.6 Å². The summed E-state index contributed by atoms with van der Waals surface area (Å²) in [5, 5.41) is 2.63. The van der Waals surface area contributed by atoms with Crippen LogP contribution in [-0.4, -0.2) is 22.0 Å². The zero-order chi connectivity index (χ0) is 11.4. The molecule has 5 nitrogen and oxygen atoms in total. The summed E-state index contributed by atoms with van der Waals surface area (Å²) in [6.07, 6.45) is 1.44. The standard InChI is InChI=1S/C9H12BrN3O2/c1-3-11-8(14)5-13-6(2)12-4-7(10)9(13)15/h4H,3,5H2,1-2H3,(H,11,14). The third kappa shape index (κ3) is 2.89. The number of carbonyl (C=O) groups excluding carboxylic acids is 1. The van der Waals surface area contributed by atoms with Crippen molar-refractivity contribution in [3.63, 3.8) is 0 Å². The lowest BCUT2D eigenvalue weighted by Gasteiger charge is -2.08. The highest BCUT2D eigenvalue weighted by atomic mass is 79.9. The van der Waals surface area contributed by atoms with Gasteiger partial charge in [0.15, 0.2) is 0 Å². The number of carbonyl (C=O) groups is 1. The van der Waals surface area contributed by atoms with E-state index in [1.54, 1.807) is 6.92 Å². The predicted molar refractivity (Wildman–Crippen MR) is 59.6 cm³/mol. The molecule has 0 fully saturated rings. The second-order valence-electron chi connectivity index (χ2n) is 3.00. The summed E-state index contributed by atoms with van der Waals surface area (Å²) in [5.74, 6) is 0.331. The Hall–Kier alpha value is -1.17. The summed E-state index contributed by atoms with van der Waals surface area (Å²) >= 11 is 3.08. The molecule has 1 aromatic rings. The molecular weight excluding hydrogens is 262 g/mol. The quantitative estimate of drug-likeness (QED) is 0.870. The van der Waals surface area contributed by atoms with Crippen molar-refractivity contribution < 1.29 is 4.79 Å². The summed E-state index contributed by atoms with van der Waals surface area (Å²) in [6.45, 7) is 4.07. The lowest BCUT2D eigenvalue weighted by molar-refractivity contribution is -0.121. The van der Waals surface area contributed by atoms with E-state index in [1.165, 1.54) is 10.8 Å². The maximum Gasteiger partial charge on any atom is 0.268 e. The van der Waals surface area contributed by atoms with Crippen LogP contribution in [0.4, 0.5) is 0 Å². The Balaban J connectivity index is 2.99. The van der Waals surface area contributed by atoms with E-state index < -0.39 is 0 Å². The summed E-state index contributed by atoms with van der Waals surface area (Å²) in [6, 6.07) is 0. The topological polar surface area (TPSA) is 64.0 Å². The number of hydrogen-bond donors (Lipinski definition) is 1. The molecule has 1 rings (SSSR count). The molecule has 0 aliphatic heterocycles. The molecule has 0 radical (unpaired) electrons. The second kappa shape index (κ2) is 5.06. The van der Waals surface area contributed by atoms with Crippen LogP contribution >= 0.6 is 15.9 Å². The molecule has 0 aromatic carbocycles. The molecule has 6 heteroatoms. The van der Waals surface area contributed by atoms with Gasteiger partial charge in [-0.2, -0.15) is 0 Å². The first kappa shape index (κ1) is 11.9. The Kier molecular flexibility index (Phi) is 4.02. The Morgan fingerprint density at radius 2 is 2.33 bits per heavy atom. The summed E-state index contributed by atoms with van der Waals surface area (Å²) in [4.78, 5) is 26.9. The highest BCUT2D eigenvalue weighted by Crippen LogP contribution is 2.00. The molecule has 82 valence electrons. The summed E-state index contributed by atoms with van der Waals surface area (Å²) in [7, 11) is 0. The van der Waals surface area contributed by atoms with E-state index in [2.05, 4.69) is 26.2 Å². The molecule has 0 aliphatic rings. The van der Waals surface area contributed by atoms with Crippen molar-refractivity contribution in [2.45, 2.75) is 20.4 Å². The summed E-state index contributed by atoms with van der Waals surface area (Å²) in [5.41, 5.74) is -0.242. The number of aryl methyl sites for hydroxylation is 1. The molecule has 15 heavy (non-hydrogen) atoms. The Morgan fingerprint density at radius 3 is 2.93 bits per heavy atom. The number of aromatic nitrogens is 2. The minimum atomic E-state index is -0.242. The molecular formula is C9H12BrN3O2. The fourth-order valence-electron chi connectivity index (χ4n) is 1.13. The predicted octanol–water partition coefficient (Wildman–Crippen LogP) is 0.450. The lowest BCUT2D eigenvalue weighted by atomic mass is 10.4. The van der Waals surface area contributed by atoms with Crippen LogP contribution in [0.5, 0.6) is 0 Å². The van der Waals surface area contributed by atoms with E-state index >= 15 is 0 Å². The number of rotatable bonds is 3. The van der Waals surface area contributed by atoms with Crippen LogP contribution in [0.25, 0.3) is 0 Å². The zero-order valence-electron chi connectivity index (χ0n) is 8.58. The highest BCUT2D eigenvalue weighted by molar-refractivity contribution is 9.10. The summed E-state index contributed by atoms with van der Waals surface area (Å²) < 4.78 is 1.69. The average molecular weight is 274 g/mol. The molecule has 1 heterocycles. The number of nitrogens with zero attached hydrogens (tertiary/aromatic N) is 2. The first-order valence-electron chi connectivity index (χ1n) is 4.55. The Morgan fingerprint density at radius 1 is 1.67 bits per heavy atom. The van der Waals surface area contributed by atoms with Gasteiger partial charge in [0.25, 0.3) is 5.56 Å². The van der Waals surface area contributed by atoms with Gasteiger partial charge < -0.3 is 5.32 Å². The van der Waals surface area contributed by atoms with E-state index in [4.69, 9.17) is 0 Å². The fraction of sp³-hybridized carbons (Fsp3) is 0.444. The zero-order valence-corrected chi connectivity index (χ0v) is 10.2. The van der Waals surface area contributed by atoms with E-state index in [0.717, 1.165) is 0 Å². The van der Waals surface area contributed by atoms with Gasteiger partial charge in [-0.25, -0.2) is 4.98 Å². The van der Waals surface area contributed by atoms with E-state index in [9.17, 15) is 9.59 Å². The van der Waals surface area contributed by atoms with Crippen LogP contribution < -0.4 is 10.9 Å². The molecule has 0 bridgehead atoms. The highest BCUT2D eigenvalue weighted by Gasteiger charge is 2.08. The van der Waals surface area contributed by atoms with Crippen molar-refractivity contribution in [2.24, 2.45) is 0 Å². The van der Waals surface area contributed by atoms with Crippen LogP contribution in [0.2, 0.25) is 0 Å². The first-order chi connectivity index (χ1) is 7.06. The van der Waals surface area contributed by atoms with Crippen molar-refractivity contribution in [3.8, 4) is 0 Å². The number of hydrogen-bond acceptors (Lipinski definition) is 3. The van der Waals surface area contributed by atoms with E-state index in [-0.39, 0.29) is 18.0 Å². The number of amides is 1. The van der Waals surface area contributed by atoms with Gasteiger partial charge in [-0.15, -0.1) is 0 Å². The van der Waals surface area contributed by atoms with Gasteiger partial charge in [-0.3, -0.25) is 14.2 Å². The van der Waals surface area contributed by atoms with Crippen molar-refractivity contribution in [2.75, 3.05) is 6.54 Å². The molecule has 0 unspecified atom stereocenters. The molecule has 0 spiro atoms. The molecule has 0 aliphatic carbocycles. The minimum Gasteiger partial charge on any atom is -0.355 e. The minimum absolute atomic E-state index is 0.00491. The van der Waals surface area contributed by atoms with Crippen molar-refractivity contribution in [1.29, 1.82) is 0 Å². The van der Waals surface area contributed by atoms with Crippen molar-refractivity contribution in [1.82, 2.24) is 14.9 Å². The molecule has 0 atom stereocenters. The largest absolute Gasteiger partial charge is 0.355 e. The normalized spacial score (nSPS) is 10.1. The van der Waals surface area contributed by atoms with Gasteiger partial charge in [0.1, 0.15) is 16.8 Å². The first-order valence-corrected chi connectivity index (χ1v) is 5.34. The number of likely N-dealkylation sites (N-methyl/N-ethyl adjacent to an activating group) is 1. The maximum atomic E-state index is 11.6. The molecule has 1 N–H and O–H groups in total. The molecule has 0 saturated carbocycles. The van der Waals surface area contributed by atoms with Gasteiger partial charge in [0.2, 0.25) is 5.91 Å². The molecule has 0 saturated heterocycles.